The van der Waals surface area contributed by atoms with Crippen molar-refractivity contribution in [3.05, 3.63) is 0 Å². The van der Waals surface area contributed by atoms with Gasteiger partial charge in [-0.1, -0.05) is 6.92 Å². The van der Waals surface area contributed by atoms with Crippen LogP contribution < -0.4 is 5.32 Å². The topological polar surface area (TPSA) is 41.6 Å². The first-order valence-electron chi connectivity index (χ1n) is 8.62. The molecule has 0 aromatic rings. The number of rotatable bonds is 11. The first-order chi connectivity index (χ1) is 9.92. The van der Waals surface area contributed by atoms with Crippen LogP contribution in [-0.2, 0) is 9.53 Å². The summed E-state index contributed by atoms with van der Waals surface area (Å²) in [5.41, 5.74) is -0.522. The normalized spacial score (nSPS) is 18.0. The van der Waals surface area contributed by atoms with E-state index in [1.54, 1.807) is 0 Å². The van der Waals surface area contributed by atoms with E-state index in [0.29, 0.717) is 18.7 Å². The fourth-order valence-electron chi connectivity index (χ4n) is 2.75. The van der Waals surface area contributed by atoms with Gasteiger partial charge in [-0.15, -0.1) is 0 Å². The molecule has 0 amide bonds. The lowest BCUT2D eigenvalue weighted by molar-refractivity contribution is -0.151. The number of hydrogen-bond donors (Lipinski definition) is 1. The third-order valence-electron chi connectivity index (χ3n) is 4.19. The molecule has 0 bridgehead atoms. The Hall–Kier alpha value is -0.610. The smallest absolute Gasteiger partial charge is 0.326 e. The molecule has 4 nitrogen and oxygen atoms in total. The van der Waals surface area contributed by atoms with E-state index in [2.05, 4.69) is 31.0 Å². The molecule has 0 aromatic heterocycles. The molecule has 1 rings (SSSR count). The summed E-state index contributed by atoms with van der Waals surface area (Å²) in [5, 5.41) is 3.49. The van der Waals surface area contributed by atoms with Crippen molar-refractivity contribution in [3.63, 3.8) is 0 Å². The van der Waals surface area contributed by atoms with E-state index in [0.717, 1.165) is 25.9 Å². The van der Waals surface area contributed by atoms with Crippen LogP contribution in [0.15, 0.2) is 0 Å². The number of nitrogens with one attached hydrogen (secondary N) is 1. The van der Waals surface area contributed by atoms with Crippen LogP contribution in [0.4, 0.5) is 0 Å². The highest BCUT2D eigenvalue weighted by atomic mass is 16.5. The Morgan fingerprint density at radius 2 is 2.00 bits per heavy atom. The molecule has 1 saturated carbocycles. The van der Waals surface area contributed by atoms with E-state index in [4.69, 9.17) is 4.74 Å². The van der Waals surface area contributed by atoms with Crippen molar-refractivity contribution < 1.29 is 9.53 Å². The minimum atomic E-state index is -0.522. The van der Waals surface area contributed by atoms with Crippen molar-refractivity contribution in [2.45, 2.75) is 84.3 Å². The maximum absolute atomic E-state index is 12.3. The maximum atomic E-state index is 12.3. The zero-order valence-corrected chi connectivity index (χ0v) is 14.6. The highest BCUT2D eigenvalue weighted by Gasteiger charge is 2.39. The van der Waals surface area contributed by atoms with Gasteiger partial charge in [-0.05, 0) is 72.9 Å². The Bertz CT molecular complexity index is 316. The van der Waals surface area contributed by atoms with Crippen LogP contribution >= 0.6 is 0 Å². The van der Waals surface area contributed by atoms with Crippen LogP contribution in [0.2, 0.25) is 0 Å². The Kier molecular flexibility index (Phi) is 7.67. The molecular formula is C17H34N2O2. The van der Waals surface area contributed by atoms with Gasteiger partial charge in [0.2, 0.25) is 0 Å². The molecule has 0 heterocycles. The summed E-state index contributed by atoms with van der Waals surface area (Å²) in [7, 11) is 0. The highest BCUT2D eigenvalue weighted by Crippen LogP contribution is 2.26. The molecular weight excluding hydrogens is 264 g/mol. The second-order valence-electron chi connectivity index (χ2n) is 6.70. The van der Waals surface area contributed by atoms with Gasteiger partial charge in [-0.25, -0.2) is 0 Å². The van der Waals surface area contributed by atoms with Gasteiger partial charge >= 0.3 is 5.97 Å². The summed E-state index contributed by atoms with van der Waals surface area (Å²) in [5.74, 6) is -0.0940. The average molecular weight is 298 g/mol. The first kappa shape index (κ1) is 18.4. The fourth-order valence-corrected chi connectivity index (χ4v) is 2.75. The second-order valence-corrected chi connectivity index (χ2v) is 6.70. The van der Waals surface area contributed by atoms with E-state index in [1.807, 2.05) is 13.8 Å². The fraction of sp³-hybridized carbons (Fsp3) is 0.941. The van der Waals surface area contributed by atoms with Gasteiger partial charge in [-0.2, -0.15) is 0 Å². The van der Waals surface area contributed by atoms with Crippen molar-refractivity contribution in [2.75, 3.05) is 19.7 Å². The largest absolute Gasteiger partial charge is 0.465 e. The van der Waals surface area contributed by atoms with Crippen molar-refractivity contribution >= 4 is 5.97 Å². The molecule has 1 aliphatic rings. The van der Waals surface area contributed by atoms with E-state index in [1.165, 1.54) is 19.3 Å². The minimum Gasteiger partial charge on any atom is -0.465 e. The number of carbonyl (C=O) groups is 1. The lowest BCUT2D eigenvalue weighted by atomic mass is 9.95. The molecule has 1 unspecified atom stereocenters. The van der Waals surface area contributed by atoms with Crippen molar-refractivity contribution in [1.82, 2.24) is 10.2 Å². The molecule has 1 aliphatic carbocycles. The van der Waals surface area contributed by atoms with Crippen molar-refractivity contribution in [3.8, 4) is 0 Å². The minimum absolute atomic E-state index is 0.0940. The summed E-state index contributed by atoms with van der Waals surface area (Å²) in [6, 6.07) is 1.08. The summed E-state index contributed by atoms with van der Waals surface area (Å²) < 4.78 is 5.27. The highest BCUT2D eigenvalue weighted by molar-refractivity contribution is 5.80. The Morgan fingerprint density at radius 1 is 1.33 bits per heavy atom. The maximum Gasteiger partial charge on any atom is 0.326 e. The molecule has 0 saturated heterocycles. The molecule has 0 aromatic carbocycles. The summed E-state index contributed by atoms with van der Waals surface area (Å²) >= 11 is 0. The number of esters is 1. The molecule has 0 radical (unpaired) electrons. The lowest BCUT2D eigenvalue weighted by Gasteiger charge is -2.31. The van der Waals surface area contributed by atoms with Crippen LogP contribution in [0.5, 0.6) is 0 Å². The predicted octanol–water partition coefficient (Wildman–Crippen LogP) is 2.96. The van der Waals surface area contributed by atoms with Crippen LogP contribution in [0.25, 0.3) is 0 Å². The number of carbonyl (C=O) groups excluding carboxylic acids is 1. The van der Waals surface area contributed by atoms with Gasteiger partial charge in [0.05, 0.1) is 6.61 Å². The van der Waals surface area contributed by atoms with Crippen LogP contribution in [0.1, 0.15) is 66.7 Å². The molecule has 0 aliphatic heterocycles. The molecule has 124 valence electrons. The monoisotopic (exact) mass is 298 g/mol. The molecule has 4 heteroatoms. The van der Waals surface area contributed by atoms with Gasteiger partial charge < -0.3 is 9.64 Å². The van der Waals surface area contributed by atoms with Crippen LogP contribution in [-0.4, -0.2) is 48.2 Å². The van der Waals surface area contributed by atoms with E-state index in [9.17, 15) is 4.79 Å². The zero-order chi connectivity index (χ0) is 15.9. The first-order valence-corrected chi connectivity index (χ1v) is 8.62. The predicted molar refractivity (Wildman–Crippen MR) is 87.4 cm³/mol. The van der Waals surface area contributed by atoms with Gasteiger partial charge in [0, 0.05) is 12.1 Å². The van der Waals surface area contributed by atoms with Crippen LogP contribution in [0.3, 0.4) is 0 Å². The van der Waals surface area contributed by atoms with Gasteiger partial charge in [-0.3, -0.25) is 10.1 Å². The van der Waals surface area contributed by atoms with Gasteiger partial charge in [0.15, 0.2) is 0 Å². The number of ether oxygens (including phenoxy) is 1. The summed E-state index contributed by atoms with van der Waals surface area (Å²) in [6.07, 6.45) is 5.40. The quantitative estimate of drug-likeness (QED) is 0.596. The van der Waals surface area contributed by atoms with E-state index in [-0.39, 0.29) is 5.97 Å². The Labute approximate surface area is 130 Å². The van der Waals surface area contributed by atoms with Gasteiger partial charge in [0.1, 0.15) is 5.54 Å². The van der Waals surface area contributed by atoms with Crippen molar-refractivity contribution in [2.24, 2.45) is 0 Å². The third-order valence-corrected chi connectivity index (χ3v) is 4.19. The molecule has 1 fully saturated rings. The number of hydrogen-bond acceptors (Lipinski definition) is 4. The molecule has 0 spiro atoms. The molecule has 1 atom stereocenters. The van der Waals surface area contributed by atoms with E-state index >= 15 is 0 Å². The number of nitrogens with zero attached hydrogens (tertiary/aromatic N) is 1. The van der Waals surface area contributed by atoms with E-state index < -0.39 is 5.54 Å². The third kappa shape index (κ3) is 6.35. The SMILES string of the molecule is CCCN(CCCC(C)(NC1CC1)C(=O)OCC)C(C)C. The standard InChI is InChI=1S/C17H34N2O2/c1-6-12-19(14(3)4)13-8-11-17(5,16(20)21-7-2)18-15-9-10-15/h14-15,18H,6-13H2,1-5H3. The summed E-state index contributed by atoms with van der Waals surface area (Å²) in [4.78, 5) is 14.8. The Balaban J connectivity index is 2.49. The second kappa shape index (κ2) is 8.74. The molecule has 1 N–H and O–H groups in total. The molecule has 21 heavy (non-hydrogen) atoms. The lowest BCUT2D eigenvalue weighted by Crippen LogP contribution is -2.52. The van der Waals surface area contributed by atoms with Gasteiger partial charge in [0.25, 0.3) is 0 Å². The van der Waals surface area contributed by atoms with Crippen molar-refractivity contribution in [1.29, 1.82) is 0 Å². The zero-order valence-electron chi connectivity index (χ0n) is 14.6. The summed E-state index contributed by atoms with van der Waals surface area (Å²) in [6.45, 7) is 13.2. The average Bonchev–Trinajstić information content (AvgIpc) is 3.21. The Morgan fingerprint density at radius 3 is 2.48 bits per heavy atom. The van der Waals surface area contributed by atoms with Crippen LogP contribution in [0, 0.1) is 0 Å².